The van der Waals surface area contributed by atoms with Crippen LogP contribution in [0.4, 0.5) is 0 Å². The van der Waals surface area contributed by atoms with Crippen LogP contribution in [0, 0.1) is 13.8 Å². The van der Waals surface area contributed by atoms with Crippen molar-refractivity contribution in [2.75, 3.05) is 6.54 Å². The van der Waals surface area contributed by atoms with E-state index in [1.54, 1.807) is 0 Å². The number of carbonyl (C=O) groups is 1. The van der Waals surface area contributed by atoms with Crippen molar-refractivity contribution in [1.82, 2.24) is 0 Å². The van der Waals surface area contributed by atoms with Crippen LogP contribution in [0.25, 0.3) is 0 Å². The molecule has 16 heavy (non-hydrogen) atoms. The Hall–Kier alpha value is -1.15. The average molecular weight is 219 g/mol. The van der Waals surface area contributed by atoms with Crippen molar-refractivity contribution >= 4 is 5.78 Å². The highest BCUT2D eigenvalue weighted by Crippen LogP contribution is 2.12. The van der Waals surface area contributed by atoms with Gasteiger partial charge in [0.05, 0.1) is 0 Å². The zero-order valence-electron chi connectivity index (χ0n) is 10.3. The van der Waals surface area contributed by atoms with Crippen molar-refractivity contribution in [3.8, 4) is 0 Å². The number of rotatable bonds is 6. The molecule has 2 heteroatoms. The Labute approximate surface area is 97.9 Å². The number of aryl methyl sites for hydroxylation is 2. The van der Waals surface area contributed by atoms with Gasteiger partial charge in [0.2, 0.25) is 0 Å². The van der Waals surface area contributed by atoms with Crippen molar-refractivity contribution in [2.45, 2.75) is 39.5 Å². The molecule has 0 spiro atoms. The van der Waals surface area contributed by atoms with E-state index >= 15 is 0 Å². The van der Waals surface area contributed by atoms with E-state index in [1.807, 2.05) is 26.0 Å². The quantitative estimate of drug-likeness (QED) is 0.590. The third kappa shape index (κ3) is 4.15. The molecule has 0 amide bonds. The normalized spacial score (nSPS) is 10.4. The van der Waals surface area contributed by atoms with Gasteiger partial charge >= 0.3 is 0 Å². The van der Waals surface area contributed by atoms with Crippen molar-refractivity contribution in [1.29, 1.82) is 0 Å². The van der Waals surface area contributed by atoms with Gasteiger partial charge in [-0.3, -0.25) is 4.79 Å². The van der Waals surface area contributed by atoms with Gasteiger partial charge in [-0.15, -0.1) is 0 Å². The first-order valence-corrected chi connectivity index (χ1v) is 5.95. The highest BCUT2D eigenvalue weighted by atomic mass is 16.1. The molecule has 0 radical (unpaired) electrons. The lowest BCUT2D eigenvalue weighted by Gasteiger charge is -2.04. The van der Waals surface area contributed by atoms with Gasteiger partial charge in [-0.2, -0.15) is 0 Å². The molecule has 0 heterocycles. The molecular weight excluding hydrogens is 198 g/mol. The molecule has 2 N–H and O–H groups in total. The van der Waals surface area contributed by atoms with Crippen LogP contribution in [-0.4, -0.2) is 12.3 Å². The summed E-state index contributed by atoms with van der Waals surface area (Å²) in [5.41, 5.74) is 8.58. The zero-order valence-corrected chi connectivity index (χ0v) is 10.3. The number of hydrogen-bond donors (Lipinski definition) is 1. The Bertz CT molecular complexity index is 338. The van der Waals surface area contributed by atoms with Crippen LogP contribution >= 0.6 is 0 Å². The van der Waals surface area contributed by atoms with Crippen LogP contribution in [0.3, 0.4) is 0 Å². The fourth-order valence-corrected chi connectivity index (χ4v) is 1.89. The molecular formula is C14H21NO. The third-order valence-corrected chi connectivity index (χ3v) is 2.65. The summed E-state index contributed by atoms with van der Waals surface area (Å²) in [6, 6.07) is 6.03. The maximum absolute atomic E-state index is 11.9. The lowest BCUT2D eigenvalue weighted by Crippen LogP contribution is -2.02. The second-order valence-electron chi connectivity index (χ2n) is 4.40. The smallest absolute Gasteiger partial charge is 0.162 e. The number of ketones is 1. The van der Waals surface area contributed by atoms with Crippen LogP contribution in [0.2, 0.25) is 0 Å². The molecule has 0 aliphatic carbocycles. The van der Waals surface area contributed by atoms with Crippen molar-refractivity contribution in [3.05, 3.63) is 34.9 Å². The molecule has 0 aliphatic heterocycles. The topological polar surface area (TPSA) is 43.1 Å². The highest BCUT2D eigenvalue weighted by Gasteiger charge is 2.06. The summed E-state index contributed by atoms with van der Waals surface area (Å²) in [5.74, 6) is 0.254. The molecule has 0 bridgehead atoms. The molecule has 0 unspecified atom stereocenters. The maximum atomic E-state index is 11.9. The van der Waals surface area contributed by atoms with Crippen molar-refractivity contribution in [2.24, 2.45) is 5.73 Å². The van der Waals surface area contributed by atoms with Crippen LogP contribution in [0.1, 0.15) is 47.2 Å². The standard InChI is InChI=1S/C14H21NO/c1-11-8-12(2)10-13(9-11)14(16)6-4-3-5-7-15/h8-10H,3-7,15H2,1-2H3. The summed E-state index contributed by atoms with van der Waals surface area (Å²) >= 11 is 0. The van der Waals surface area contributed by atoms with Crippen molar-refractivity contribution in [3.63, 3.8) is 0 Å². The predicted octanol–water partition coefficient (Wildman–Crippen LogP) is 3.01. The number of benzene rings is 1. The first-order valence-electron chi connectivity index (χ1n) is 5.95. The molecule has 0 saturated carbocycles. The third-order valence-electron chi connectivity index (χ3n) is 2.65. The van der Waals surface area contributed by atoms with Gasteiger partial charge in [0.1, 0.15) is 0 Å². The molecule has 0 saturated heterocycles. The molecule has 0 atom stereocenters. The number of hydrogen-bond acceptors (Lipinski definition) is 2. The van der Waals surface area contributed by atoms with Crippen LogP contribution in [0.15, 0.2) is 18.2 Å². The Kier molecular flexibility index (Phi) is 5.20. The number of Topliss-reactive ketones (excluding diaryl/α,β-unsaturated/α-hetero) is 1. The second-order valence-corrected chi connectivity index (χ2v) is 4.40. The van der Waals surface area contributed by atoms with Gasteiger partial charge < -0.3 is 5.73 Å². The van der Waals surface area contributed by atoms with E-state index in [0.29, 0.717) is 6.42 Å². The monoisotopic (exact) mass is 219 g/mol. The summed E-state index contributed by atoms with van der Waals surface area (Å²) in [6.45, 7) is 4.77. The summed E-state index contributed by atoms with van der Waals surface area (Å²) in [5, 5.41) is 0. The van der Waals surface area contributed by atoms with Crippen LogP contribution in [0.5, 0.6) is 0 Å². The Morgan fingerprint density at radius 3 is 2.25 bits per heavy atom. The Balaban J connectivity index is 2.52. The molecule has 1 rings (SSSR count). The predicted molar refractivity (Wildman–Crippen MR) is 67.8 cm³/mol. The van der Waals surface area contributed by atoms with Gasteiger partial charge in [0, 0.05) is 12.0 Å². The van der Waals surface area contributed by atoms with Crippen LogP contribution in [-0.2, 0) is 0 Å². The second kappa shape index (κ2) is 6.44. The molecule has 1 aromatic rings. The molecule has 0 aromatic heterocycles. The summed E-state index contributed by atoms with van der Waals surface area (Å²) in [6.07, 6.45) is 3.65. The summed E-state index contributed by atoms with van der Waals surface area (Å²) in [4.78, 5) is 11.9. The van der Waals surface area contributed by atoms with Gasteiger partial charge in [-0.25, -0.2) is 0 Å². The van der Waals surface area contributed by atoms with E-state index in [9.17, 15) is 4.79 Å². The number of carbonyl (C=O) groups excluding carboxylic acids is 1. The minimum atomic E-state index is 0.254. The first-order chi connectivity index (χ1) is 7.63. The van der Waals surface area contributed by atoms with E-state index in [-0.39, 0.29) is 5.78 Å². The zero-order chi connectivity index (χ0) is 12.0. The molecule has 0 aliphatic rings. The van der Waals surface area contributed by atoms with Gasteiger partial charge in [0.15, 0.2) is 5.78 Å². The largest absolute Gasteiger partial charge is 0.330 e. The first kappa shape index (κ1) is 12.9. The van der Waals surface area contributed by atoms with E-state index in [0.717, 1.165) is 42.5 Å². The fourth-order valence-electron chi connectivity index (χ4n) is 1.89. The minimum absolute atomic E-state index is 0.254. The highest BCUT2D eigenvalue weighted by molar-refractivity contribution is 5.96. The SMILES string of the molecule is Cc1cc(C)cc(C(=O)CCCCCN)c1. The van der Waals surface area contributed by atoms with E-state index in [4.69, 9.17) is 5.73 Å². The lowest BCUT2D eigenvalue weighted by molar-refractivity contribution is 0.0979. The number of unbranched alkanes of at least 4 members (excludes halogenated alkanes) is 2. The van der Waals surface area contributed by atoms with Gasteiger partial charge in [-0.1, -0.05) is 23.6 Å². The average Bonchev–Trinajstić information content (AvgIpc) is 2.22. The van der Waals surface area contributed by atoms with E-state index < -0.39 is 0 Å². The molecule has 2 nitrogen and oxygen atoms in total. The van der Waals surface area contributed by atoms with Gasteiger partial charge in [-0.05, 0) is 45.4 Å². The van der Waals surface area contributed by atoms with Crippen LogP contribution < -0.4 is 5.73 Å². The van der Waals surface area contributed by atoms with E-state index in [2.05, 4.69) is 6.07 Å². The maximum Gasteiger partial charge on any atom is 0.162 e. The number of nitrogens with two attached hydrogens (primary N) is 1. The molecule has 1 aromatic carbocycles. The molecule has 0 fully saturated rings. The van der Waals surface area contributed by atoms with Crippen molar-refractivity contribution < 1.29 is 4.79 Å². The van der Waals surface area contributed by atoms with Gasteiger partial charge in [0.25, 0.3) is 0 Å². The fraction of sp³-hybridized carbons (Fsp3) is 0.500. The van der Waals surface area contributed by atoms with E-state index in [1.165, 1.54) is 0 Å². The Morgan fingerprint density at radius 2 is 1.69 bits per heavy atom. The Morgan fingerprint density at radius 1 is 1.06 bits per heavy atom. The lowest BCUT2D eigenvalue weighted by atomic mass is 10.0. The molecule has 88 valence electrons. The summed E-state index contributed by atoms with van der Waals surface area (Å²) < 4.78 is 0. The summed E-state index contributed by atoms with van der Waals surface area (Å²) in [7, 11) is 0. The minimum Gasteiger partial charge on any atom is -0.330 e.